The molecule has 0 atom stereocenters. The summed E-state index contributed by atoms with van der Waals surface area (Å²) in [5, 5.41) is 6.97. The monoisotopic (exact) mass is 285 g/mol. The van der Waals surface area contributed by atoms with Crippen molar-refractivity contribution in [2.45, 2.75) is 18.7 Å². The van der Waals surface area contributed by atoms with E-state index >= 15 is 0 Å². The second-order valence-corrected chi connectivity index (χ2v) is 6.08. The lowest BCUT2D eigenvalue weighted by molar-refractivity contribution is 0.600. The molecule has 18 heavy (non-hydrogen) atoms. The Kier molecular flexibility index (Phi) is 3.18. The van der Waals surface area contributed by atoms with Crippen LogP contribution in [0, 0.1) is 13.8 Å². The maximum Gasteiger partial charge on any atom is 0.264 e. The molecule has 0 bridgehead atoms. The molecular formula is C9H11N5O2S2. The van der Waals surface area contributed by atoms with E-state index in [2.05, 4.69) is 19.5 Å². The maximum absolute atomic E-state index is 12.1. The van der Waals surface area contributed by atoms with Gasteiger partial charge in [0.1, 0.15) is 0 Å². The fourth-order valence-electron chi connectivity index (χ4n) is 1.48. The molecule has 0 saturated carbocycles. The van der Waals surface area contributed by atoms with Crippen LogP contribution in [0.2, 0.25) is 0 Å². The molecule has 0 unspecified atom stereocenters. The number of nitrogens with two attached hydrogens (primary N) is 1. The first-order valence-corrected chi connectivity index (χ1v) is 7.21. The number of nitrogens with zero attached hydrogens (tertiary/aromatic N) is 3. The topological polar surface area (TPSA) is 111 Å². The number of aromatic nitrogens is 3. The van der Waals surface area contributed by atoms with Crippen LogP contribution in [0.15, 0.2) is 17.0 Å². The zero-order chi connectivity index (χ0) is 13.3. The average Bonchev–Trinajstić information content (AvgIpc) is 2.77. The number of sulfonamides is 1. The molecule has 3 N–H and O–H groups in total. The summed E-state index contributed by atoms with van der Waals surface area (Å²) < 4.78 is 30.0. The van der Waals surface area contributed by atoms with E-state index in [4.69, 9.17) is 5.73 Å². The van der Waals surface area contributed by atoms with Crippen LogP contribution in [-0.2, 0) is 10.0 Å². The highest BCUT2D eigenvalue weighted by Crippen LogP contribution is 2.25. The Labute approximate surface area is 108 Å². The highest BCUT2D eigenvalue weighted by Gasteiger charge is 2.20. The first kappa shape index (κ1) is 12.7. The molecule has 0 aliphatic rings. The Balaban J connectivity index is 2.45. The molecule has 0 spiro atoms. The van der Waals surface area contributed by atoms with E-state index in [-0.39, 0.29) is 10.0 Å². The molecule has 9 heteroatoms. The summed E-state index contributed by atoms with van der Waals surface area (Å²) in [5.74, 6) is 0. The first-order valence-electron chi connectivity index (χ1n) is 4.95. The highest BCUT2D eigenvalue weighted by molar-refractivity contribution is 7.93. The number of nitrogens with one attached hydrogen (secondary N) is 1. The van der Waals surface area contributed by atoms with Crippen molar-refractivity contribution in [3.05, 3.63) is 23.3 Å². The van der Waals surface area contributed by atoms with E-state index in [1.165, 1.54) is 6.07 Å². The minimum absolute atomic E-state index is 0.119. The normalized spacial score (nSPS) is 11.4. The summed E-state index contributed by atoms with van der Waals surface area (Å²) in [6.45, 7) is 3.48. The third-order valence-corrected chi connectivity index (χ3v) is 4.62. The molecule has 2 aromatic rings. The van der Waals surface area contributed by atoms with E-state index < -0.39 is 10.0 Å². The molecule has 1 aromatic carbocycles. The number of benzene rings is 1. The molecular weight excluding hydrogens is 274 g/mol. The Morgan fingerprint density at radius 1 is 1.33 bits per heavy atom. The van der Waals surface area contributed by atoms with Gasteiger partial charge in [0.05, 0.1) is 4.90 Å². The van der Waals surface area contributed by atoms with Crippen molar-refractivity contribution in [3.63, 3.8) is 0 Å². The predicted molar refractivity (Wildman–Crippen MR) is 68.8 cm³/mol. The fourth-order valence-corrected chi connectivity index (χ4v) is 3.32. The first-order chi connectivity index (χ1) is 8.42. The molecule has 0 radical (unpaired) electrons. The summed E-state index contributed by atoms with van der Waals surface area (Å²) >= 11 is 0.864. The Bertz CT molecular complexity index is 667. The van der Waals surface area contributed by atoms with E-state index in [1.807, 2.05) is 6.92 Å². The van der Waals surface area contributed by atoms with E-state index in [0.717, 1.165) is 17.1 Å². The average molecular weight is 285 g/mol. The van der Waals surface area contributed by atoms with Crippen LogP contribution < -0.4 is 10.5 Å². The Morgan fingerprint density at radius 3 is 2.67 bits per heavy atom. The van der Waals surface area contributed by atoms with Gasteiger partial charge in [-0.2, -0.15) is 0 Å². The van der Waals surface area contributed by atoms with Gasteiger partial charge in [0.2, 0.25) is 5.13 Å². The predicted octanol–water partition coefficient (Wildman–Crippen LogP) is 0.933. The summed E-state index contributed by atoms with van der Waals surface area (Å²) in [6.07, 6.45) is 0. The molecule has 2 rings (SSSR count). The summed E-state index contributed by atoms with van der Waals surface area (Å²) in [4.78, 5) is 0.126. The van der Waals surface area contributed by atoms with Gasteiger partial charge in [-0.1, -0.05) is 15.7 Å². The molecule has 0 aliphatic heterocycles. The number of aryl methyl sites for hydroxylation is 1. The van der Waals surface area contributed by atoms with Crippen molar-refractivity contribution >= 4 is 32.4 Å². The van der Waals surface area contributed by atoms with Crippen LogP contribution in [0.1, 0.15) is 11.1 Å². The standard InChI is InChI=1S/C9H11N5O2S2/c1-5-3-4-7(6(2)8(5)10)18(15,16)12-9-11-13-14-17-9/h3-4H,10H2,1-2H3,(H,11,12,14). The number of hydrogen-bond acceptors (Lipinski definition) is 7. The number of hydrogen-bond donors (Lipinski definition) is 2. The number of anilines is 2. The molecule has 1 aromatic heterocycles. The Morgan fingerprint density at radius 2 is 2.06 bits per heavy atom. The zero-order valence-corrected chi connectivity index (χ0v) is 11.3. The third kappa shape index (κ3) is 2.27. The van der Waals surface area contributed by atoms with Gasteiger partial charge < -0.3 is 5.73 Å². The van der Waals surface area contributed by atoms with E-state index in [0.29, 0.717) is 11.3 Å². The van der Waals surface area contributed by atoms with Crippen molar-refractivity contribution < 1.29 is 8.42 Å². The molecule has 1 heterocycles. The summed E-state index contributed by atoms with van der Waals surface area (Å²) in [6, 6.07) is 3.17. The van der Waals surface area contributed by atoms with Crippen LogP contribution in [0.3, 0.4) is 0 Å². The van der Waals surface area contributed by atoms with Crippen molar-refractivity contribution in [2.75, 3.05) is 10.5 Å². The van der Waals surface area contributed by atoms with Crippen LogP contribution in [0.25, 0.3) is 0 Å². The fraction of sp³-hybridized carbons (Fsp3) is 0.222. The molecule has 96 valence electrons. The highest BCUT2D eigenvalue weighted by atomic mass is 32.2. The quantitative estimate of drug-likeness (QED) is 0.812. The Hall–Kier alpha value is -1.74. The van der Waals surface area contributed by atoms with Gasteiger partial charge >= 0.3 is 0 Å². The largest absolute Gasteiger partial charge is 0.398 e. The molecule has 0 amide bonds. The van der Waals surface area contributed by atoms with E-state index in [9.17, 15) is 8.42 Å². The smallest absolute Gasteiger partial charge is 0.264 e. The van der Waals surface area contributed by atoms with Crippen molar-refractivity contribution in [1.82, 2.24) is 14.8 Å². The van der Waals surface area contributed by atoms with Gasteiger partial charge in [-0.3, -0.25) is 4.72 Å². The van der Waals surface area contributed by atoms with Crippen LogP contribution in [0.4, 0.5) is 10.8 Å². The lowest BCUT2D eigenvalue weighted by atomic mass is 10.1. The van der Waals surface area contributed by atoms with Gasteiger partial charge in [0, 0.05) is 17.2 Å². The van der Waals surface area contributed by atoms with Crippen LogP contribution >= 0.6 is 11.5 Å². The van der Waals surface area contributed by atoms with Gasteiger partial charge in [-0.15, -0.1) is 0 Å². The molecule has 7 nitrogen and oxygen atoms in total. The van der Waals surface area contributed by atoms with Gasteiger partial charge in [-0.05, 0) is 36.3 Å². The summed E-state index contributed by atoms with van der Waals surface area (Å²) in [5.41, 5.74) is 7.64. The minimum atomic E-state index is -3.72. The second-order valence-electron chi connectivity index (χ2n) is 3.69. The molecule has 0 aliphatic carbocycles. The molecule has 0 fully saturated rings. The SMILES string of the molecule is Cc1ccc(S(=O)(=O)Nc2nnns2)c(C)c1N. The van der Waals surface area contributed by atoms with Crippen molar-refractivity contribution in [2.24, 2.45) is 0 Å². The van der Waals surface area contributed by atoms with Crippen LogP contribution in [-0.4, -0.2) is 23.2 Å². The van der Waals surface area contributed by atoms with Gasteiger partial charge in [0.15, 0.2) is 0 Å². The van der Waals surface area contributed by atoms with Crippen molar-refractivity contribution in [3.8, 4) is 0 Å². The molecule has 0 saturated heterocycles. The van der Waals surface area contributed by atoms with Gasteiger partial charge in [-0.25, -0.2) is 8.42 Å². The van der Waals surface area contributed by atoms with E-state index in [1.54, 1.807) is 13.0 Å². The second kappa shape index (κ2) is 4.50. The number of nitrogen functional groups attached to an aromatic ring is 1. The van der Waals surface area contributed by atoms with Crippen molar-refractivity contribution in [1.29, 1.82) is 0 Å². The van der Waals surface area contributed by atoms with Crippen LogP contribution in [0.5, 0.6) is 0 Å². The number of rotatable bonds is 3. The maximum atomic E-state index is 12.1. The minimum Gasteiger partial charge on any atom is -0.398 e. The summed E-state index contributed by atoms with van der Waals surface area (Å²) in [7, 11) is -3.72. The third-order valence-electron chi connectivity index (χ3n) is 2.49. The lowest BCUT2D eigenvalue weighted by Crippen LogP contribution is -2.15. The zero-order valence-electron chi connectivity index (χ0n) is 9.71. The van der Waals surface area contributed by atoms with Gasteiger partial charge in [0.25, 0.3) is 10.0 Å². The lowest BCUT2D eigenvalue weighted by Gasteiger charge is -2.11.